The maximum atomic E-state index is 11.9. The fraction of sp³-hybridized carbons (Fsp3) is 0.400. The Labute approximate surface area is 109 Å². The summed E-state index contributed by atoms with van der Waals surface area (Å²) in [5.41, 5.74) is 2.80. The summed E-state index contributed by atoms with van der Waals surface area (Å²) in [5, 5.41) is 7.00. The number of carbonyl (C=O) groups is 1. The van der Waals surface area contributed by atoms with Crippen LogP contribution in [0.5, 0.6) is 0 Å². The zero-order valence-corrected chi connectivity index (χ0v) is 11.6. The number of hydrogen-bond acceptors (Lipinski definition) is 3. The second-order valence-electron chi connectivity index (χ2n) is 4.08. The summed E-state index contributed by atoms with van der Waals surface area (Å²) < 4.78 is 4.97. The van der Waals surface area contributed by atoms with Gasteiger partial charge in [0, 0.05) is 25.7 Å². The van der Waals surface area contributed by atoms with Gasteiger partial charge in [0.15, 0.2) is 5.78 Å². The number of carbonyl (C=O) groups excluding carboxylic acids is 1. The van der Waals surface area contributed by atoms with Gasteiger partial charge in [0.2, 0.25) is 0 Å². The molecule has 100 valence electrons. The van der Waals surface area contributed by atoms with Crippen LogP contribution in [0.2, 0.25) is 0 Å². The lowest BCUT2D eigenvalue weighted by molar-refractivity contribution is 0.0830. The molecule has 0 aliphatic rings. The van der Waals surface area contributed by atoms with Crippen LogP contribution in [0.25, 0.3) is 5.57 Å². The first-order chi connectivity index (χ1) is 8.56. The molecule has 0 heterocycles. The first kappa shape index (κ1) is 16.6. The Kier molecular flexibility index (Phi) is 7.92. The van der Waals surface area contributed by atoms with Crippen molar-refractivity contribution in [1.82, 2.24) is 0 Å². The molecule has 1 rings (SSSR count). The minimum Gasteiger partial charge on any atom is -0.400 e. The zero-order chi connectivity index (χ0) is 14.1. The van der Waals surface area contributed by atoms with E-state index in [4.69, 9.17) is 9.84 Å². The molecule has 0 radical (unpaired) electrons. The average molecular weight is 250 g/mol. The minimum atomic E-state index is -0.0966. The fourth-order valence-electron chi connectivity index (χ4n) is 1.53. The van der Waals surface area contributed by atoms with Gasteiger partial charge in [-0.1, -0.05) is 43.3 Å². The van der Waals surface area contributed by atoms with Crippen LogP contribution in [0.15, 0.2) is 30.8 Å². The van der Waals surface area contributed by atoms with Crippen LogP contribution in [0.4, 0.5) is 0 Å². The molecule has 1 aromatic rings. The lowest BCUT2D eigenvalue weighted by Gasteiger charge is -2.09. The van der Waals surface area contributed by atoms with Gasteiger partial charge in [-0.05, 0) is 12.5 Å². The van der Waals surface area contributed by atoms with Crippen LogP contribution >= 0.6 is 0 Å². The zero-order valence-electron chi connectivity index (χ0n) is 11.6. The van der Waals surface area contributed by atoms with Gasteiger partial charge in [-0.25, -0.2) is 0 Å². The molecule has 1 N–H and O–H groups in total. The lowest BCUT2D eigenvalue weighted by atomic mass is 9.98. The van der Waals surface area contributed by atoms with Crippen molar-refractivity contribution < 1.29 is 14.6 Å². The average Bonchev–Trinajstić information content (AvgIpc) is 2.40. The molecule has 3 nitrogen and oxygen atoms in total. The molecular formula is C15H22O3. The Morgan fingerprint density at radius 3 is 2.11 bits per heavy atom. The maximum Gasteiger partial charge on any atom is 0.167 e. The van der Waals surface area contributed by atoms with E-state index in [2.05, 4.69) is 6.58 Å². The second-order valence-corrected chi connectivity index (χ2v) is 4.08. The topological polar surface area (TPSA) is 46.5 Å². The van der Waals surface area contributed by atoms with Crippen molar-refractivity contribution in [3.8, 4) is 0 Å². The standard InChI is InChI=1S/C14H18O2.CH4O/c1-10(2)12-5-7-13(8-6-12)14(15)11(3)9-16-4;1-2/h5-8,11H,1,9H2,2-4H3;2H,1H3. The summed E-state index contributed by atoms with van der Waals surface area (Å²) in [5.74, 6) is 0.0239. The van der Waals surface area contributed by atoms with E-state index in [1.807, 2.05) is 38.1 Å². The number of allylic oxidation sites excluding steroid dienone is 1. The summed E-state index contributed by atoms with van der Waals surface area (Å²) in [7, 11) is 2.61. The normalized spacial score (nSPS) is 11.2. The highest BCUT2D eigenvalue weighted by Crippen LogP contribution is 2.15. The number of rotatable bonds is 5. The Morgan fingerprint density at radius 2 is 1.72 bits per heavy atom. The molecule has 0 spiro atoms. The van der Waals surface area contributed by atoms with Gasteiger partial charge in [0.05, 0.1) is 6.61 Å². The van der Waals surface area contributed by atoms with Crippen molar-refractivity contribution in [3.63, 3.8) is 0 Å². The van der Waals surface area contributed by atoms with Gasteiger partial charge >= 0.3 is 0 Å². The van der Waals surface area contributed by atoms with Crippen molar-refractivity contribution in [2.45, 2.75) is 13.8 Å². The van der Waals surface area contributed by atoms with E-state index in [9.17, 15) is 4.79 Å². The van der Waals surface area contributed by atoms with Gasteiger partial charge in [-0.15, -0.1) is 0 Å². The van der Waals surface area contributed by atoms with Crippen LogP contribution in [-0.4, -0.2) is 31.7 Å². The van der Waals surface area contributed by atoms with E-state index in [0.717, 1.165) is 23.8 Å². The predicted octanol–water partition coefficient (Wildman–Crippen LogP) is 2.79. The van der Waals surface area contributed by atoms with E-state index in [1.54, 1.807) is 7.11 Å². The number of ether oxygens (including phenoxy) is 1. The van der Waals surface area contributed by atoms with Crippen molar-refractivity contribution in [1.29, 1.82) is 0 Å². The maximum absolute atomic E-state index is 11.9. The van der Waals surface area contributed by atoms with E-state index in [0.29, 0.717) is 6.61 Å². The fourth-order valence-corrected chi connectivity index (χ4v) is 1.53. The van der Waals surface area contributed by atoms with Gasteiger partial charge in [0.25, 0.3) is 0 Å². The molecule has 0 bridgehead atoms. The number of aliphatic hydroxyl groups excluding tert-OH is 1. The third-order valence-corrected chi connectivity index (χ3v) is 2.53. The van der Waals surface area contributed by atoms with Crippen LogP contribution in [0.1, 0.15) is 29.8 Å². The van der Waals surface area contributed by atoms with E-state index >= 15 is 0 Å². The molecule has 0 aliphatic carbocycles. The van der Waals surface area contributed by atoms with Crippen LogP contribution in [0, 0.1) is 5.92 Å². The third-order valence-electron chi connectivity index (χ3n) is 2.53. The van der Waals surface area contributed by atoms with Gasteiger partial charge in [0.1, 0.15) is 0 Å². The molecule has 0 fully saturated rings. The molecule has 0 saturated heterocycles. The first-order valence-electron chi connectivity index (χ1n) is 5.80. The molecular weight excluding hydrogens is 228 g/mol. The van der Waals surface area contributed by atoms with Crippen molar-refractivity contribution >= 4 is 11.4 Å². The highest BCUT2D eigenvalue weighted by atomic mass is 16.5. The van der Waals surface area contributed by atoms with Gasteiger partial charge in [-0.2, -0.15) is 0 Å². The van der Waals surface area contributed by atoms with E-state index < -0.39 is 0 Å². The van der Waals surface area contributed by atoms with Gasteiger partial charge in [-0.3, -0.25) is 4.79 Å². The molecule has 1 unspecified atom stereocenters. The minimum absolute atomic E-state index is 0.0966. The molecule has 18 heavy (non-hydrogen) atoms. The molecule has 1 aromatic carbocycles. The molecule has 1 atom stereocenters. The molecule has 0 amide bonds. The molecule has 0 aromatic heterocycles. The van der Waals surface area contributed by atoms with Crippen LogP contribution < -0.4 is 0 Å². The largest absolute Gasteiger partial charge is 0.400 e. The monoisotopic (exact) mass is 250 g/mol. The number of benzene rings is 1. The summed E-state index contributed by atoms with van der Waals surface area (Å²) in [6.07, 6.45) is 0. The highest BCUT2D eigenvalue weighted by molar-refractivity contribution is 5.97. The van der Waals surface area contributed by atoms with E-state index in [-0.39, 0.29) is 11.7 Å². The Morgan fingerprint density at radius 1 is 1.28 bits per heavy atom. The Balaban J connectivity index is 0.00000137. The molecule has 0 aliphatic heterocycles. The Bertz CT molecular complexity index is 379. The van der Waals surface area contributed by atoms with E-state index in [1.165, 1.54) is 0 Å². The first-order valence-corrected chi connectivity index (χ1v) is 5.80. The highest BCUT2D eigenvalue weighted by Gasteiger charge is 2.14. The molecule has 3 heteroatoms. The number of hydrogen-bond donors (Lipinski definition) is 1. The van der Waals surface area contributed by atoms with Crippen LogP contribution in [-0.2, 0) is 4.74 Å². The van der Waals surface area contributed by atoms with Gasteiger partial charge < -0.3 is 9.84 Å². The number of methoxy groups -OCH3 is 1. The van der Waals surface area contributed by atoms with Crippen LogP contribution in [0.3, 0.4) is 0 Å². The van der Waals surface area contributed by atoms with Crippen molar-refractivity contribution in [3.05, 3.63) is 42.0 Å². The summed E-state index contributed by atoms with van der Waals surface area (Å²) >= 11 is 0. The second kappa shape index (κ2) is 8.61. The smallest absolute Gasteiger partial charge is 0.167 e. The number of Topliss-reactive ketones (excluding diaryl/α,β-unsaturated/α-hetero) is 1. The lowest BCUT2D eigenvalue weighted by Crippen LogP contribution is -2.16. The summed E-state index contributed by atoms with van der Waals surface area (Å²) in [6.45, 7) is 8.14. The summed E-state index contributed by atoms with van der Waals surface area (Å²) in [4.78, 5) is 11.9. The summed E-state index contributed by atoms with van der Waals surface area (Å²) in [6, 6.07) is 7.54. The predicted molar refractivity (Wildman–Crippen MR) is 74.7 cm³/mol. The third kappa shape index (κ3) is 4.82. The van der Waals surface area contributed by atoms with Crippen molar-refractivity contribution in [2.75, 3.05) is 20.8 Å². The molecule has 0 saturated carbocycles. The Hall–Kier alpha value is -1.45. The van der Waals surface area contributed by atoms with Crippen molar-refractivity contribution in [2.24, 2.45) is 5.92 Å². The number of aliphatic hydroxyl groups is 1. The SMILES string of the molecule is C=C(C)c1ccc(C(=O)C(C)COC)cc1.CO. The number of ketones is 1. The quantitative estimate of drug-likeness (QED) is 0.817.